The summed E-state index contributed by atoms with van der Waals surface area (Å²) in [6, 6.07) is 15.0. The number of nitrogens with two attached hydrogens (primary N) is 1. The molecular weight excluding hydrogens is 384 g/mol. The molecule has 0 heterocycles. The standard InChI is InChI=1S/C19H21BrN2O3/c1-19(2,3)14-9-10-16(15(20)11-14)24-12-17(23)25-22-18(21)13-7-5-4-6-8-13/h4-11H,12H2,1-3H3,(H2,21,22)/p+1. The van der Waals surface area contributed by atoms with Crippen molar-refractivity contribution < 1.29 is 19.5 Å². The highest BCUT2D eigenvalue weighted by Crippen LogP contribution is 2.31. The Balaban J connectivity index is 1.92. The van der Waals surface area contributed by atoms with Gasteiger partial charge in [-0.25, -0.2) is 4.79 Å². The molecule has 5 nitrogen and oxygen atoms in total. The van der Waals surface area contributed by atoms with Gasteiger partial charge in [0, 0.05) is 0 Å². The molecule has 0 amide bonds. The van der Waals surface area contributed by atoms with Crippen molar-refractivity contribution in [2.45, 2.75) is 26.2 Å². The lowest BCUT2D eigenvalue weighted by Gasteiger charge is -2.20. The number of carbonyl (C=O) groups is 1. The Hall–Kier alpha value is -2.34. The van der Waals surface area contributed by atoms with E-state index >= 15 is 0 Å². The molecule has 0 radical (unpaired) electrons. The van der Waals surface area contributed by atoms with Crippen molar-refractivity contribution >= 4 is 27.7 Å². The highest BCUT2D eigenvalue weighted by atomic mass is 79.9. The third kappa shape index (κ3) is 5.60. The second-order valence-corrected chi connectivity index (χ2v) is 7.39. The van der Waals surface area contributed by atoms with Gasteiger partial charge in [-0.05, 0) is 51.2 Å². The van der Waals surface area contributed by atoms with E-state index in [9.17, 15) is 4.79 Å². The van der Waals surface area contributed by atoms with Gasteiger partial charge >= 0.3 is 11.8 Å². The Morgan fingerprint density at radius 2 is 1.84 bits per heavy atom. The third-order valence-electron chi connectivity index (χ3n) is 3.50. The van der Waals surface area contributed by atoms with Crippen molar-refractivity contribution in [3.63, 3.8) is 0 Å². The summed E-state index contributed by atoms with van der Waals surface area (Å²) >= 11 is 3.47. The molecule has 2 rings (SSSR count). The summed E-state index contributed by atoms with van der Waals surface area (Å²) in [5.74, 6) is 0.250. The van der Waals surface area contributed by atoms with Crippen LogP contribution in [0.5, 0.6) is 5.75 Å². The molecule has 132 valence electrons. The molecule has 0 atom stereocenters. The van der Waals surface area contributed by atoms with Gasteiger partial charge < -0.3 is 4.74 Å². The number of rotatable bonds is 5. The molecule has 0 aliphatic heterocycles. The first-order chi connectivity index (χ1) is 11.8. The zero-order valence-electron chi connectivity index (χ0n) is 14.5. The summed E-state index contributed by atoms with van der Waals surface area (Å²) in [6.07, 6.45) is 0. The Bertz CT molecular complexity index is 768. The van der Waals surface area contributed by atoms with Gasteiger partial charge in [-0.15, -0.1) is 0 Å². The van der Waals surface area contributed by atoms with E-state index in [0.29, 0.717) is 5.75 Å². The smallest absolute Gasteiger partial charge is 0.394 e. The number of nitrogens with one attached hydrogen (secondary N) is 1. The first-order valence-corrected chi connectivity index (χ1v) is 8.63. The van der Waals surface area contributed by atoms with Crippen LogP contribution in [-0.4, -0.2) is 18.4 Å². The number of nitrogen functional groups attached to an aromatic ring is 1. The second-order valence-electron chi connectivity index (χ2n) is 6.54. The molecule has 2 aromatic rings. The number of benzene rings is 2. The molecule has 2 aromatic carbocycles. The van der Waals surface area contributed by atoms with Gasteiger partial charge in [-0.1, -0.05) is 50.2 Å². The monoisotopic (exact) mass is 405 g/mol. The van der Waals surface area contributed by atoms with Crippen molar-refractivity contribution in [3.05, 3.63) is 64.1 Å². The molecule has 0 spiro atoms. The number of ether oxygens (including phenoxy) is 1. The van der Waals surface area contributed by atoms with Crippen molar-refractivity contribution in [3.8, 4) is 5.75 Å². The van der Waals surface area contributed by atoms with Crippen LogP contribution >= 0.6 is 15.9 Å². The fourth-order valence-electron chi connectivity index (χ4n) is 2.04. The minimum Gasteiger partial charge on any atom is -0.481 e. The average Bonchev–Trinajstić information content (AvgIpc) is 2.58. The van der Waals surface area contributed by atoms with Crippen molar-refractivity contribution in [1.29, 1.82) is 0 Å². The zero-order valence-corrected chi connectivity index (χ0v) is 16.1. The molecule has 0 aliphatic carbocycles. The quantitative estimate of drug-likeness (QED) is 0.345. The van der Waals surface area contributed by atoms with Gasteiger partial charge in [0.1, 0.15) is 5.75 Å². The second kappa shape index (κ2) is 8.16. The molecule has 0 saturated carbocycles. The molecule has 0 aliphatic rings. The first-order valence-electron chi connectivity index (χ1n) is 7.84. The van der Waals surface area contributed by atoms with Crippen molar-refractivity contribution in [2.75, 3.05) is 6.61 Å². The summed E-state index contributed by atoms with van der Waals surface area (Å²) in [6.45, 7) is 6.16. The molecule has 0 bridgehead atoms. The molecule has 0 fully saturated rings. The minimum absolute atomic E-state index is 0.0364. The van der Waals surface area contributed by atoms with Crippen LogP contribution in [0.4, 0.5) is 0 Å². The Labute approximate surface area is 155 Å². The molecule has 0 aromatic heterocycles. The summed E-state index contributed by atoms with van der Waals surface area (Å²) in [7, 11) is 0. The summed E-state index contributed by atoms with van der Waals surface area (Å²) < 4.78 is 6.28. The molecule has 6 heteroatoms. The third-order valence-corrected chi connectivity index (χ3v) is 4.12. The van der Waals surface area contributed by atoms with Crippen LogP contribution < -0.4 is 15.6 Å². The van der Waals surface area contributed by atoms with E-state index in [2.05, 4.69) is 41.9 Å². The first kappa shape index (κ1) is 19.0. The summed E-state index contributed by atoms with van der Waals surface area (Å²) in [5.41, 5.74) is 7.75. The number of hydrogen-bond acceptors (Lipinski definition) is 3. The van der Waals surface area contributed by atoms with Gasteiger partial charge in [-0.3, -0.25) is 10.6 Å². The van der Waals surface area contributed by atoms with Crippen LogP contribution in [-0.2, 0) is 15.0 Å². The van der Waals surface area contributed by atoms with E-state index in [1.54, 1.807) is 12.1 Å². The average molecular weight is 406 g/mol. The number of halogens is 1. The van der Waals surface area contributed by atoms with Crippen molar-refractivity contribution in [1.82, 2.24) is 0 Å². The maximum absolute atomic E-state index is 11.8. The largest absolute Gasteiger partial charge is 0.481 e. The Morgan fingerprint density at radius 1 is 1.16 bits per heavy atom. The van der Waals surface area contributed by atoms with E-state index in [0.717, 1.165) is 10.0 Å². The van der Waals surface area contributed by atoms with Crippen LogP contribution in [0.15, 0.2) is 53.0 Å². The maximum atomic E-state index is 11.8. The predicted molar refractivity (Wildman–Crippen MR) is 100 cm³/mol. The molecule has 3 N–H and O–H groups in total. The van der Waals surface area contributed by atoms with E-state index in [1.165, 1.54) is 5.56 Å². The number of carbonyl (C=O) groups excluding carboxylic acids is 1. The summed E-state index contributed by atoms with van der Waals surface area (Å²) in [4.78, 5) is 16.7. The molecule has 0 saturated heterocycles. The van der Waals surface area contributed by atoms with Crippen LogP contribution in [0.3, 0.4) is 0 Å². The lowest BCUT2D eigenvalue weighted by molar-refractivity contribution is -0.724. The molecule has 25 heavy (non-hydrogen) atoms. The van der Waals surface area contributed by atoms with Gasteiger partial charge in [0.05, 0.1) is 10.0 Å². The molecular formula is C19H22BrN2O3+. The van der Waals surface area contributed by atoms with Gasteiger partial charge in [0.15, 0.2) is 6.61 Å². The lowest BCUT2D eigenvalue weighted by atomic mass is 9.87. The summed E-state index contributed by atoms with van der Waals surface area (Å²) in [5, 5.41) is 2.43. The van der Waals surface area contributed by atoms with E-state index in [1.807, 2.05) is 36.4 Å². The minimum atomic E-state index is -0.578. The lowest BCUT2D eigenvalue weighted by Crippen LogP contribution is -2.76. The zero-order chi connectivity index (χ0) is 18.4. The number of hydrogen-bond donors (Lipinski definition) is 2. The van der Waals surface area contributed by atoms with Crippen LogP contribution in [0.25, 0.3) is 0 Å². The molecule has 0 unspecified atom stereocenters. The topological polar surface area (TPSA) is 75.5 Å². The van der Waals surface area contributed by atoms with Gasteiger partial charge in [0.2, 0.25) is 0 Å². The van der Waals surface area contributed by atoms with Crippen LogP contribution in [0.1, 0.15) is 31.9 Å². The van der Waals surface area contributed by atoms with E-state index in [-0.39, 0.29) is 17.9 Å². The van der Waals surface area contributed by atoms with Crippen molar-refractivity contribution in [2.24, 2.45) is 5.73 Å². The number of amidine groups is 1. The van der Waals surface area contributed by atoms with E-state index < -0.39 is 5.97 Å². The van der Waals surface area contributed by atoms with Crippen LogP contribution in [0.2, 0.25) is 0 Å². The Kier molecular flexibility index (Phi) is 6.20. The van der Waals surface area contributed by atoms with Gasteiger partial charge in [-0.2, -0.15) is 0 Å². The normalized spacial score (nSPS) is 11.9. The highest BCUT2D eigenvalue weighted by Gasteiger charge is 2.16. The van der Waals surface area contributed by atoms with Gasteiger partial charge in [0.25, 0.3) is 0 Å². The fraction of sp³-hybridized carbons (Fsp3) is 0.263. The Morgan fingerprint density at radius 3 is 2.44 bits per heavy atom. The highest BCUT2D eigenvalue weighted by molar-refractivity contribution is 9.10. The predicted octanol–water partition coefficient (Wildman–Crippen LogP) is 2.07. The fourth-order valence-corrected chi connectivity index (χ4v) is 2.53. The van der Waals surface area contributed by atoms with Crippen LogP contribution in [0, 0.1) is 0 Å². The van der Waals surface area contributed by atoms with E-state index in [4.69, 9.17) is 15.3 Å². The maximum Gasteiger partial charge on any atom is 0.394 e. The SMILES string of the molecule is CC(C)(C)c1ccc(OCC(=O)O[NH+]=C(N)c2ccccc2)c(Br)c1.